The van der Waals surface area contributed by atoms with E-state index in [1.54, 1.807) is 7.11 Å². The molecule has 1 atom stereocenters. The van der Waals surface area contributed by atoms with Crippen molar-refractivity contribution in [2.45, 2.75) is 13.0 Å². The third kappa shape index (κ3) is 4.22. The number of carbonyl (C=O) groups excluding carboxylic acids is 1. The van der Waals surface area contributed by atoms with Gasteiger partial charge in [0.25, 0.3) is 0 Å². The number of benzene rings is 3. The zero-order chi connectivity index (χ0) is 18.4. The molecule has 0 unspecified atom stereocenters. The Bertz CT molecular complexity index is 861. The average Bonchev–Trinajstić information content (AvgIpc) is 2.69. The molecule has 0 saturated heterocycles. The summed E-state index contributed by atoms with van der Waals surface area (Å²) in [5, 5.41) is 6.12. The van der Waals surface area contributed by atoms with Crippen molar-refractivity contribution in [3.8, 4) is 16.9 Å². The van der Waals surface area contributed by atoms with Crippen LogP contribution in [0.25, 0.3) is 11.1 Å². The van der Waals surface area contributed by atoms with Crippen LogP contribution in [0.1, 0.15) is 6.92 Å². The maximum absolute atomic E-state index is 12.4. The third-order valence-electron chi connectivity index (χ3n) is 4.13. The van der Waals surface area contributed by atoms with Gasteiger partial charge in [0, 0.05) is 5.69 Å². The largest absolute Gasteiger partial charge is 0.495 e. The molecule has 0 aromatic heterocycles. The van der Waals surface area contributed by atoms with E-state index in [2.05, 4.69) is 22.8 Å². The highest BCUT2D eigenvalue weighted by Crippen LogP contribution is 2.24. The Hall–Kier alpha value is -3.27. The van der Waals surface area contributed by atoms with Gasteiger partial charge in [-0.05, 0) is 42.3 Å². The number of amides is 1. The number of anilines is 2. The summed E-state index contributed by atoms with van der Waals surface area (Å²) in [4.78, 5) is 12.4. The lowest BCUT2D eigenvalue weighted by atomic mass is 10.1. The lowest BCUT2D eigenvalue weighted by molar-refractivity contribution is -0.116. The minimum atomic E-state index is -0.387. The van der Waals surface area contributed by atoms with Crippen molar-refractivity contribution in [3.05, 3.63) is 78.9 Å². The standard InChI is InChI=1S/C22H22N2O2/c1-16(22(25)24-20-10-6-7-11-21(20)26-2)23-19-14-12-18(13-15-19)17-8-4-3-5-9-17/h3-16,23H,1-2H3,(H,24,25)/t16-/m1/s1. The molecule has 0 aliphatic heterocycles. The van der Waals surface area contributed by atoms with Crippen molar-refractivity contribution < 1.29 is 9.53 Å². The molecule has 3 rings (SSSR count). The van der Waals surface area contributed by atoms with Crippen LogP contribution >= 0.6 is 0 Å². The summed E-state index contributed by atoms with van der Waals surface area (Å²) in [6.07, 6.45) is 0. The Balaban J connectivity index is 1.64. The van der Waals surface area contributed by atoms with Gasteiger partial charge in [-0.1, -0.05) is 54.6 Å². The Kier molecular flexibility index (Phi) is 5.54. The number of rotatable bonds is 6. The molecule has 3 aromatic rings. The lowest BCUT2D eigenvalue weighted by Gasteiger charge is -2.17. The molecule has 132 valence electrons. The first-order chi connectivity index (χ1) is 12.7. The molecule has 4 heteroatoms. The zero-order valence-electron chi connectivity index (χ0n) is 14.9. The summed E-state index contributed by atoms with van der Waals surface area (Å²) in [6.45, 7) is 1.83. The fraction of sp³-hybridized carbons (Fsp3) is 0.136. The van der Waals surface area contributed by atoms with Crippen molar-refractivity contribution in [1.82, 2.24) is 0 Å². The van der Waals surface area contributed by atoms with Gasteiger partial charge in [0.2, 0.25) is 5.91 Å². The molecule has 3 aromatic carbocycles. The van der Waals surface area contributed by atoms with E-state index in [9.17, 15) is 4.79 Å². The van der Waals surface area contributed by atoms with Crippen LogP contribution in [-0.2, 0) is 4.79 Å². The maximum atomic E-state index is 12.4. The third-order valence-corrected chi connectivity index (χ3v) is 4.13. The minimum Gasteiger partial charge on any atom is -0.495 e. The van der Waals surface area contributed by atoms with Crippen LogP contribution in [0.3, 0.4) is 0 Å². The molecule has 0 spiro atoms. The van der Waals surface area contributed by atoms with E-state index >= 15 is 0 Å². The topological polar surface area (TPSA) is 50.4 Å². The second-order valence-corrected chi connectivity index (χ2v) is 6.00. The molecule has 0 fully saturated rings. The molecule has 26 heavy (non-hydrogen) atoms. The van der Waals surface area contributed by atoms with Crippen LogP contribution in [0.4, 0.5) is 11.4 Å². The number of carbonyl (C=O) groups is 1. The van der Waals surface area contributed by atoms with Gasteiger partial charge in [0.1, 0.15) is 11.8 Å². The maximum Gasteiger partial charge on any atom is 0.246 e. The van der Waals surface area contributed by atoms with Crippen LogP contribution in [-0.4, -0.2) is 19.1 Å². The second kappa shape index (κ2) is 8.21. The van der Waals surface area contributed by atoms with Gasteiger partial charge >= 0.3 is 0 Å². The summed E-state index contributed by atoms with van der Waals surface area (Å²) in [5.41, 5.74) is 3.86. The van der Waals surface area contributed by atoms with Gasteiger partial charge < -0.3 is 15.4 Å². The van der Waals surface area contributed by atoms with Crippen molar-refractivity contribution in [2.75, 3.05) is 17.7 Å². The number of para-hydroxylation sites is 2. The Morgan fingerprint density at radius 1 is 0.846 bits per heavy atom. The van der Waals surface area contributed by atoms with Gasteiger partial charge in [-0.15, -0.1) is 0 Å². The van der Waals surface area contributed by atoms with E-state index in [1.165, 1.54) is 5.56 Å². The highest BCUT2D eigenvalue weighted by atomic mass is 16.5. The quantitative estimate of drug-likeness (QED) is 0.674. The lowest BCUT2D eigenvalue weighted by Crippen LogP contribution is -2.31. The van der Waals surface area contributed by atoms with E-state index in [-0.39, 0.29) is 11.9 Å². The molecule has 0 aliphatic rings. The first-order valence-corrected chi connectivity index (χ1v) is 8.53. The van der Waals surface area contributed by atoms with Crippen molar-refractivity contribution in [2.24, 2.45) is 0 Å². The van der Waals surface area contributed by atoms with Crippen LogP contribution in [0, 0.1) is 0 Å². The summed E-state index contributed by atoms with van der Waals surface area (Å²) in [5.74, 6) is 0.516. The van der Waals surface area contributed by atoms with Gasteiger partial charge in [-0.25, -0.2) is 0 Å². The summed E-state index contributed by atoms with van der Waals surface area (Å²) in [6, 6.07) is 25.2. The van der Waals surface area contributed by atoms with Gasteiger partial charge in [0.05, 0.1) is 12.8 Å². The van der Waals surface area contributed by atoms with Crippen molar-refractivity contribution in [1.29, 1.82) is 0 Å². The SMILES string of the molecule is COc1ccccc1NC(=O)[C@@H](C)Nc1ccc(-c2ccccc2)cc1. The number of hydrogen-bond acceptors (Lipinski definition) is 3. The zero-order valence-corrected chi connectivity index (χ0v) is 14.9. The Labute approximate surface area is 153 Å². The predicted molar refractivity (Wildman–Crippen MR) is 107 cm³/mol. The van der Waals surface area contributed by atoms with Gasteiger partial charge in [0.15, 0.2) is 0 Å². The number of nitrogens with one attached hydrogen (secondary N) is 2. The van der Waals surface area contributed by atoms with Crippen LogP contribution < -0.4 is 15.4 Å². The first kappa shape index (κ1) is 17.5. The Morgan fingerprint density at radius 3 is 2.15 bits per heavy atom. The first-order valence-electron chi connectivity index (χ1n) is 8.53. The molecule has 0 saturated carbocycles. The predicted octanol–water partition coefficient (Wildman–Crippen LogP) is 4.80. The molecule has 1 amide bonds. The second-order valence-electron chi connectivity index (χ2n) is 6.00. The molecule has 2 N–H and O–H groups in total. The average molecular weight is 346 g/mol. The monoisotopic (exact) mass is 346 g/mol. The highest BCUT2D eigenvalue weighted by molar-refractivity contribution is 5.97. The molecule has 4 nitrogen and oxygen atoms in total. The highest BCUT2D eigenvalue weighted by Gasteiger charge is 2.14. The van der Waals surface area contributed by atoms with Crippen LogP contribution in [0.2, 0.25) is 0 Å². The van der Waals surface area contributed by atoms with E-state index in [1.807, 2.05) is 73.7 Å². The number of ether oxygens (including phenoxy) is 1. The number of hydrogen-bond donors (Lipinski definition) is 2. The van der Waals surface area contributed by atoms with E-state index in [0.717, 1.165) is 11.3 Å². The summed E-state index contributed by atoms with van der Waals surface area (Å²) >= 11 is 0. The smallest absolute Gasteiger partial charge is 0.246 e. The van der Waals surface area contributed by atoms with Crippen molar-refractivity contribution in [3.63, 3.8) is 0 Å². The van der Waals surface area contributed by atoms with E-state index < -0.39 is 0 Å². The summed E-state index contributed by atoms with van der Waals surface area (Å²) < 4.78 is 5.26. The molecular weight excluding hydrogens is 324 g/mol. The fourth-order valence-electron chi connectivity index (χ4n) is 2.69. The molecule has 0 radical (unpaired) electrons. The van der Waals surface area contributed by atoms with Crippen LogP contribution in [0.15, 0.2) is 78.9 Å². The Morgan fingerprint density at radius 2 is 1.46 bits per heavy atom. The normalized spacial score (nSPS) is 11.5. The summed E-state index contributed by atoms with van der Waals surface area (Å²) in [7, 11) is 1.58. The molecule has 0 bridgehead atoms. The van der Waals surface area contributed by atoms with Gasteiger partial charge in [-0.2, -0.15) is 0 Å². The molecule has 0 heterocycles. The van der Waals surface area contributed by atoms with Crippen LogP contribution in [0.5, 0.6) is 5.75 Å². The fourth-order valence-corrected chi connectivity index (χ4v) is 2.69. The van der Waals surface area contributed by atoms with E-state index in [0.29, 0.717) is 11.4 Å². The minimum absolute atomic E-state index is 0.123. The molecule has 0 aliphatic carbocycles. The van der Waals surface area contributed by atoms with E-state index in [4.69, 9.17) is 4.74 Å². The van der Waals surface area contributed by atoms with Crippen molar-refractivity contribution >= 4 is 17.3 Å². The molecular formula is C22H22N2O2. The van der Waals surface area contributed by atoms with Gasteiger partial charge in [-0.3, -0.25) is 4.79 Å². The number of methoxy groups -OCH3 is 1.